The number of hydrogen-bond donors (Lipinski definition) is 0. The van der Waals surface area contributed by atoms with Crippen LogP contribution < -0.4 is 0 Å². The summed E-state index contributed by atoms with van der Waals surface area (Å²) in [6.45, 7) is 6.19. The first-order valence-corrected chi connectivity index (χ1v) is 5.93. The maximum atomic E-state index is 5.90. The van der Waals surface area contributed by atoms with Crippen LogP contribution in [0.15, 0.2) is 4.42 Å². The second-order valence-corrected chi connectivity index (χ2v) is 5.57. The van der Waals surface area contributed by atoms with Crippen molar-refractivity contribution in [2.45, 2.75) is 50.8 Å². The fraction of sp³-hybridized carbons (Fsp3) is 0.818. The molecular formula is C11H17ClN2O. The van der Waals surface area contributed by atoms with Crippen LogP contribution in [0.1, 0.15) is 57.2 Å². The van der Waals surface area contributed by atoms with Gasteiger partial charge in [-0.25, -0.2) is 0 Å². The van der Waals surface area contributed by atoms with E-state index in [1.165, 1.54) is 19.3 Å². The zero-order valence-corrected chi connectivity index (χ0v) is 10.2. The zero-order valence-electron chi connectivity index (χ0n) is 9.46. The molecule has 4 heteroatoms. The van der Waals surface area contributed by atoms with Crippen LogP contribution in [0.25, 0.3) is 0 Å². The van der Waals surface area contributed by atoms with E-state index in [2.05, 4.69) is 24.0 Å². The highest BCUT2D eigenvalue weighted by molar-refractivity contribution is 6.20. The highest BCUT2D eigenvalue weighted by Gasteiger charge is 2.39. The first-order chi connectivity index (χ1) is 7.01. The normalized spacial score (nSPS) is 20.0. The third-order valence-electron chi connectivity index (χ3n) is 3.46. The summed E-state index contributed by atoms with van der Waals surface area (Å²) in [5.74, 6) is 1.94. The van der Waals surface area contributed by atoms with Crippen LogP contribution in [0.2, 0.25) is 0 Å². The molecule has 15 heavy (non-hydrogen) atoms. The fourth-order valence-corrected chi connectivity index (χ4v) is 2.05. The molecule has 0 N–H and O–H groups in total. The second-order valence-electron chi connectivity index (χ2n) is 4.91. The minimum Gasteiger partial charge on any atom is -0.423 e. The molecule has 1 heterocycles. The number of nitrogens with zero attached hydrogens (tertiary/aromatic N) is 2. The Labute approximate surface area is 95.2 Å². The Morgan fingerprint density at radius 1 is 1.40 bits per heavy atom. The van der Waals surface area contributed by atoms with Crippen molar-refractivity contribution >= 4 is 11.6 Å². The molecule has 1 aliphatic carbocycles. The summed E-state index contributed by atoms with van der Waals surface area (Å²) >= 11 is 5.90. The van der Waals surface area contributed by atoms with Gasteiger partial charge in [0.2, 0.25) is 11.8 Å². The van der Waals surface area contributed by atoms with Gasteiger partial charge in [0.1, 0.15) is 5.38 Å². The lowest BCUT2D eigenvalue weighted by atomic mass is 9.67. The highest BCUT2D eigenvalue weighted by Crippen LogP contribution is 2.43. The molecule has 0 bridgehead atoms. The highest BCUT2D eigenvalue weighted by atomic mass is 35.5. The first-order valence-electron chi connectivity index (χ1n) is 5.49. The van der Waals surface area contributed by atoms with Crippen LogP contribution in [0, 0.1) is 5.92 Å². The van der Waals surface area contributed by atoms with Crippen molar-refractivity contribution in [3.05, 3.63) is 11.8 Å². The van der Waals surface area contributed by atoms with Crippen molar-refractivity contribution < 1.29 is 4.42 Å². The molecular weight excluding hydrogens is 212 g/mol. The number of halogens is 1. The molecule has 3 nitrogen and oxygen atoms in total. The summed E-state index contributed by atoms with van der Waals surface area (Å²) in [6.07, 6.45) is 3.85. The van der Waals surface area contributed by atoms with Gasteiger partial charge >= 0.3 is 0 Å². The van der Waals surface area contributed by atoms with Crippen molar-refractivity contribution in [1.82, 2.24) is 10.2 Å². The van der Waals surface area contributed by atoms with Gasteiger partial charge in [-0.2, -0.15) is 0 Å². The SMILES string of the molecule is CC(Cl)c1nnc(C(C)(C)C2CCC2)o1. The summed E-state index contributed by atoms with van der Waals surface area (Å²) in [4.78, 5) is 0. The summed E-state index contributed by atoms with van der Waals surface area (Å²) in [6, 6.07) is 0. The van der Waals surface area contributed by atoms with Crippen LogP contribution in [0.5, 0.6) is 0 Å². The van der Waals surface area contributed by atoms with Gasteiger partial charge in [0.25, 0.3) is 0 Å². The van der Waals surface area contributed by atoms with Crippen LogP contribution in [0.4, 0.5) is 0 Å². The van der Waals surface area contributed by atoms with Crippen molar-refractivity contribution in [3.8, 4) is 0 Å². The van der Waals surface area contributed by atoms with E-state index in [-0.39, 0.29) is 10.8 Å². The van der Waals surface area contributed by atoms with Crippen molar-refractivity contribution in [1.29, 1.82) is 0 Å². The van der Waals surface area contributed by atoms with E-state index in [4.69, 9.17) is 16.0 Å². The average Bonchev–Trinajstić information content (AvgIpc) is 2.46. The largest absolute Gasteiger partial charge is 0.423 e. The molecule has 1 saturated carbocycles. The Kier molecular flexibility index (Phi) is 2.75. The average molecular weight is 229 g/mol. The Bertz CT molecular complexity index is 342. The lowest BCUT2D eigenvalue weighted by molar-refractivity contribution is 0.161. The molecule has 0 radical (unpaired) electrons. The van der Waals surface area contributed by atoms with E-state index < -0.39 is 0 Å². The Morgan fingerprint density at radius 2 is 2.07 bits per heavy atom. The molecule has 1 aliphatic rings. The van der Waals surface area contributed by atoms with Crippen LogP contribution >= 0.6 is 11.6 Å². The number of rotatable bonds is 3. The lowest BCUT2D eigenvalue weighted by Crippen LogP contribution is -2.33. The van der Waals surface area contributed by atoms with Crippen molar-refractivity contribution in [2.75, 3.05) is 0 Å². The minimum atomic E-state index is -0.205. The lowest BCUT2D eigenvalue weighted by Gasteiger charge is -2.37. The molecule has 1 fully saturated rings. The summed E-state index contributed by atoms with van der Waals surface area (Å²) in [5, 5.41) is 7.88. The Hall–Kier alpha value is -0.570. The maximum absolute atomic E-state index is 5.90. The van der Waals surface area contributed by atoms with E-state index in [9.17, 15) is 0 Å². The van der Waals surface area contributed by atoms with Gasteiger partial charge in [0.05, 0.1) is 0 Å². The van der Waals surface area contributed by atoms with E-state index >= 15 is 0 Å². The van der Waals surface area contributed by atoms with E-state index in [1.54, 1.807) is 0 Å². The third kappa shape index (κ3) is 1.89. The fourth-order valence-electron chi connectivity index (χ4n) is 1.96. The molecule has 1 aromatic rings. The molecule has 2 rings (SSSR count). The minimum absolute atomic E-state index is 0.00468. The standard InChI is InChI=1S/C11H17ClN2O/c1-7(12)9-13-14-10(15-9)11(2,3)8-5-4-6-8/h7-8H,4-6H2,1-3H3. The van der Waals surface area contributed by atoms with Gasteiger partial charge in [-0.05, 0) is 25.7 Å². The predicted molar refractivity (Wildman–Crippen MR) is 58.9 cm³/mol. The van der Waals surface area contributed by atoms with Crippen LogP contribution in [-0.4, -0.2) is 10.2 Å². The third-order valence-corrected chi connectivity index (χ3v) is 3.64. The molecule has 1 aromatic heterocycles. The molecule has 0 spiro atoms. The number of alkyl halides is 1. The molecule has 0 aromatic carbocycles. The van der Waals surface area contributed by atoms with Crippen LogP contribution in [-0.2, 0) is 5.41 Å². The molecule has 1 unspecified atom stereocenters. The van der Waals surface area contributed by atoms with Gasteiger partial charge in [-0.3, -0.25) is 0 Å². The van der Waals surface area contributed by atoms with E-state index in [1.807, 2.05) is 6.92 Å². The van der Waals surface area contributed by atoms with E-state index in [0.717, 1.165) is 5.89 Å². The first kappa shape index (κ1) is 10.9. The molecule has 0 saturated heterocycles. The molecule has 84 valence electrons. The number of aromatic nitrogens is 2. The van der Waals surface area contributed by atoms with Crippen LogP contribution in [0.3, 0.4) is 0 Å². The zero-order chi connectivity index (χ0) is 11.1. The Balaban J connectivity index is 2.20. The summed E-state index contributed by atoms with van der Waals surface area (Å²) in [7, 11) is 0. The predicted octanol–water partition coefficient (Wildman–Crippen LogP) is 3.45. The molecule has 0 amide bonds. The Morgan fingerprint density at radius 3 is 2.47 bits per heavy atom. The van der Waals surface area contributed by atoms with Gasteiger partial charge < -0.3 is 4.42 Å². The molecule has 1 atom stereocenters. The van der Waals surface area contributed by atoms with Gasteiger partial charge in [0.15, 0.2) is 0 Å². The van der Waals surface area contributed by atoms with Crippen molar-refractivity contribution in [2.24, 2.45) is 5.92 Å². The van der Waals surface area contributed by atoms with Gasteiger partial charge in [-0.15, -0.1) is 21.8 Å². The van der Waals surface area contributed by atoms with E-state index in [0.29, 0.717) is 11.8 Å². The quantitative estimate of drug-likeness (QED) is 0.744. The maximum Gasteiger partial charge on any atom is 0.234 e. The van der Waals surface area contributed by atoms with Gasteiger partial charge in [-0.1, -0.05) is 20.3 Å². The van der Waals surface area contributed by atoms with Gasteiger partial charge in [0, 0.05) is 5.41 Å². The topological polar surface area (TPSA) is 38.9 Å². The summed E-state index contributed by atoms with van der Waals surface area (Å²) < 4.78 is 5.61. The smallest absolute Gasteiger partial charge is 0.234 e. The summed E-state index contributed by atoms with van der Waals surface area (Å²) in [5.41, 5.74) is -0.00468. The molecule has 0 aliphatic heterocycles. The number of hydrogen-bond acceptors (Lipinski definition) is 3. The second kappa shape index (κ2) is 3.78. The monoisotopic (exact) mass is 228 g/mol. The van der Waals surface area contributed by atoms with Crippen molar-refractivity contribution in [3.63, 3.8) is 0 Å².